The molecule has 1 heterocycles. The van der Waals surface area contributed by atoms with E-state index in [1.54, 1.807) is 0 Å². The van der Waals surface area contributed by atoms with Crippen LogP contribution >= 0.6 is 11.3 Å². The number of rotatable bonds is 2. The molecule has 2 N–H and O–H groups in total. The van der Waals surface area contributed by atoms with Gasteiger partial charge in [-0.3, -0.25) is 0 Å². The number of aromatic nitrogens is 1. The maximum atomic E-state index is 12.0. The van der Waals surface area contributed by atoms with Gasteiger partial charge in [-0.05, 0) is 18.2 Å². The van der Waals surface area contributed by atoms with Gasteiger partial charge in [-0.1, -0.05) is 0 Å². The van der Waals surface area contributed by atoms with Gasteiger partial charge in [0.25, 0.3) is 0 Å². The smallest absolute Gasteiger partial charge is 0.406 e. The third kappa shape index (κ3) is 5.76. The van der Waals surface area contributed by atoms with Crippen molar-refractivity contribution in [1.29, 1.82) is 10.5 Å². The first-order valence-electron chi connectivity index (χ1n) is 4.89. The average molecular weight is 315 g/mol. The molecule has 0 saturated carbocycles. The number of fused-ring (bicyclic) bond motifs is 1. The summed E-state index contributed by atoms with van der Waals surface area (Å²) in [6.07, 6.45) is -3.37. The lowest BCUT2D eigenvalue weighted by atomic mass is 10.3. The quantitative estimate of drug-likeness (QED) is 0.521. The maximum Gasteiger partial charge on any atom is 0.573 e. The van der Waals surface area contributed by atoms with E-state index >= 15 is 0 Å². The zero-order chi connectivity index (χ0) is 16.5. The van der Waals surface area contributed by atoms with Gasteiger partial charge in [0.15, 0.2) is 0 Å². The lowest BCUT2D eigenvalue weighted by molar-refractivity contribution is -0.274. The number of ether oxygens (including phenoxy) is 1. The minimum Gasteiger partial charge on any atom is -0.406 e. The van der Waals surface area contributed by atoms with Crippen molar-refractivity contribution in [3.63, 3.8) is 0 Å². The number of nitrogens with zero attached hydrogens (tertiary/aromatic N) is 4. The molecule has 0 bridgehead atoms. The van der Waals surface area contributed by atoms with Crippen LogP contribution < -0.4 is 10.6 Å². The highest BCUT2D eigenvalue weighted by Crippen LogP contribution is 2.29. The van der Waals surface area contributed by atoms with Crippen molar-refractivity contribution in [3.8, 4) is 18.9 Å². The number of benzene rings is 1. The number of hydrogen-bond acceptors (Lipinski definition) is 7. The van der Waals surface area contributed by atoms with Crippen LogP contribution in [0.25, 0.3) is 10.2 Å². The predicted octanol–water partition coefficient (Wildman–Crippen LogP) is 2.77. The Labute approximate surface area is 121 Å². The summed E-state index contributed by atoms with van der Waals surface area (Å²) in [4.78, 5) is 4.09. The highest BCUT2D eigenvalue weighted by molar-refractivity contribution is 7.20. The fourth-order valence-electron chi connectivity index (χ4n) is 1.24. The van der Waals surface area contributed by atoms with Crippen LogP contribution in [0.5, 0.6) is 5.75 Å². The molecule has 0 unspecified atom stereocenters. The summed E-state index contributed by atoms with van der Waals surface area (Å²) in [7, 11) is 0. The van der Waals surface area contributed by atoms with Gasteiger partial charge >= 0.3 is 6.36 Å². The van der Waals surface area contributed by atoms with E-state index in [1.807, 2.05) is 0 Å². The number of nitriles is 2. The van der Waals surface area contributed by atoms with Crippen LogP contribution in [-0.4, -0.2) is 17.6 Å². The first-order valence-corrected chi connectivity index (χ1v) is 5.71. The third-order valence-electron chi connectivity index (χ3n) is 1.79. The number of halogens is 3. The molecule has 2 aromatic rings. The number of thiazole rings is 1. The van der Waals surface area contributed by atoms with Crippen LogP contribution in [0, 0.1) is 23.7 Å². The zero-order valence-electron chi connectivity index (χ0n) is 10.3. The maximum absolute atomic E-state index is 12.0. The number of hydrogen-bond donors (Lipinski definition) is 1. The summed E-state index contributed by atoms with van der Waals surface area (Å²) in [5, 5.41) is 16.8. The van der Waals surface area contributed by atoms with Gasteiger partial charge in [-0.15, -0.1) is 24.5 Å². The van der Waals surface area contributed by atoms with E-state index < -0.39 is 6.36 Å². The molecule has 10 heteroatoms. The standard InChI is InChI=1S/C9H6F3N3OS.2CHN/c10-9(11,12)16-5-1-2-6-7(3-5)17-8(15-6)4-14-13;2*1-2/h1-4H,13H2;2*1H. The molecule has 0 saturated heterocycles. The van der Waals surface area contributed by atoms with Crippen LogP contribution in [0.4, 0.5) is 13.2 Å². The summed E-state index contributed by atoms with van der Waals surface area (Å²) in [6, 6.07) is 3.92. The fraction of sp³-hybridized carbons (Fsp3) is 0.0909. The summed E-state index contributed by atoms with van der Waals surface area (Å²) < 4.78 is 40.4. The van der Waals surface area contributed by atoms with Gasteiger partial charge in [-0.2, -0.15) is 5.10 Å². The molecular formula is C11H8F3N5OS. The molecule has 110 valence electrons. The molecule has 1 aromatic carbocycles. The second kappa shape index (κ2) is 8.35. The topological polar surface area (TPSA) is 108 Å². The Kier molecular flexibility index (Phi) is 7.21. The van der Waals surface area contributed by atoms with Gasteiger partial charge in [0.1, 0.15) is 10.8 Å². The van der Waals surface area contributed by atoms with E-state index in [-0.39, 0.29) is 5.75 Å². The van der Waals surface area contributed by atoms with Crippen molar-refractivity contribution in [2.24, 2.45) is 10.9 Å². The molecule has 21 heavy (non-hydrogen) atoms. The molecule has 0 spiro atoms. The average Bonchev–Trinajstić information content (AvgIpc) is 2.83. The third-order valence-corrected chi connectivity index (χ3v) is 2.75. The van der Waals surface area contributed by atoms with Crippen LogP contribution in [0.3, 0.4) is 0 Å². The molecule has 0 aliphatic rings. The van der Waals surface area contributed by atoms with Crippen molar-refractivity contribution in [3.05, 3.63) is 23.2 Å². The van der Waals surface area contributed by atoms with E-state index in [4.69, 9.17) is 16.4 Å². The summed E-state index contributed by atoms with van der Waals surface area (Å²) in [6.45, 7) is 7.00. The second-order valence-electron chi connectivity index (χ2n) is 3.01. The van der Waals surface area contributed by atoms with Gasteiger partial charge < -0.3 is 10.6 Å². The fourth-order valence-corrected chi connectivity index (χ4v) is 2.12. The number of nitrogens with two attached hydrogens (primary N) is 1. The van der Waals surface area contributed by atoms with E-state index in [2.05, 4.69) is 28.0 Å². The van der Waals surface area contributed by atoms with E-state index in [0.717, 1.165) is 0 Å². The Morgan fingerprint density at radius 1 is 1.29 bits per heavy atom. The first-order chi connectivity index (χ1) is 9.98. The van der Waals surface area contributed by atoms with Crippen LogP contribution in [0.2, 0.25) is 0 Å². The van der Waals surface area contributed by atoms with E-state index in [0.29, 0.717) is 15.2 Å². The highest BCUT2D eigenvalue weighted by atomic mass is 32.1. The largest absolute Gasteiger partial charge is 0.573 e. The monoisotopic (exact) mass is 315 g/mol. The van der Waals surface area contributed by atoms with Gasteiger partial charge in [0.2, 0.25) is 0 Å². The minimum atomic E-state index is -4.69. The van der Waals surface area contributed by atoms with Crippen molar-refractivity contribution in [2.75, 3.05) is 0 Å². The molecule has 1 aromatic heterocycles. The van der Waals surface area contributed by atoms with Crippen molar-refractivity contribution < 1.29 is 17.9 Å². The Morgan fingerprint density at radius 3 is 2.43 bits per heavy atom. The molecule has 0 fully saturated rings. The highest BCUT2D eigenvalue weighted by Gasteiger charge is 2.31. The van der Waals surface area contributed by atoms with Crippen LogP contribution in [-0.2, 0) is 0 Å². The Hall–Kier alpha value is -2.85. The van der Waals surface area contributed by atoms with Gasteiger partial charge in [-0.25, -0.2) is 15.5 Å². The molecule has 0 atom stereocenters. The lowest BCUT2D eigenvalue weighted by Gasteiger charge is -2.07. The second-order valence-corrected chi connectivity index (χ2v) is 4.07. The van der Waals surface area contributed by atoms with E-state index in [1.165, 1.54) is 35.8 Å². The Bertz CT molecular complexity index is 641. The number of hydrazone groups is 1. The first kappa shape index (κ1) is 18.2. The normalized spacial score (nSPS) is 10.2. The molecule has 0 radical (unpaired) electrons. The molecule has 0 amide bonds. The van der Waals surface area contributed by atoms with Crippen molar-refractivity contribution in [1.82, 2.24) is 4.98 Å². The molecule has 6 nitrogen and oxygen atoms in total. The van der Waals surface area contributed by atoms with Gasteiger partial charge in [0, 0.05) is 13.1 Å². The SMILES string of the molecule is C#N.C#N.NN=Cc1nc2ccc(OC(F)(F)F)cc2s1. The molecule has 0 aliphatic heterocycles. The van der Waals surface area contributed by atoms with Crippen molar-refractivity contribution >= 4 is 27.8 Å². The number of alkyl halides is 3. The Morgan fingerprint density at radius 2 is 1.90 bits per heavy atom. The van der Waals surface area contributed by atoms with Crippen LogP contribution in [0.15, 0.2) is 23.3 Å². The van der Waals surface area contributed by atoms with Gasteiger partial charge in [0.05, 0.1) is 16.4 Å². The summed E-state index contributed by atoms with van der Waals surface area (Å²) in [5.74, 6) is 4.68. The minimum absolute atomic E-state index is 0.273. The predicted molar refractivity (Wildman–Crippen MR) is 71.4 cm³/mol. The Balaban J connectivity index is 0.000000921. The summed E-state index contributed by atoms with van der Waals surface area (Å²) in [5.41, 5.74) is 0.569. The van der Waals surface area contributed by atoms with Crippen molar-refractivity contribution in [2.45, 2.75) is 6.36 Å². The van der Waals surface area contributed by atoms with Crippen LogP contribution in [0.1, 0.15) is 5.01 Å². The molecular weight excluding hydrogens is 307 g/mol. The molecule has 0 aliphatic carbocycles. The summed E-state index contributed by atoms with van der Waals surface area (Å²) >= 11 is 1.17. The zero-order valence-corrected chi connectivity index (χ0v) is 11.1. The lowest BCUT2D eigenvalue weighted by Crippen LogP contribution is -2.16. The van der Waals surface area contributed by atoms with E-state index in [9.17, 15) is 13.2 Å². The molecule has 2 rings (SSSR count).